The first kappa shape index (κ1) is 17.8. The molecule has 0 spiro atoms. The third-order valence-electron chi connectivity index (χ3n) is 5.62. The van der Waals surface area contributed by atoms with Gasteiger partial charge < -0.3 is 15.5 Å². The summed E-state index contributed by atoms with van der Waals surface area (Å²) in [6.07, 6.45) is 6.30. The van der Waals surface area contributed by atoms with Gasteiger partial charge in [0.25, 0.3) is 0 Å². The Labute approximate surface area is 150 Å². The van der Waals surface area contributed by atoms with E-state index < -0.39 is 0 Å². The fraction of sp³-hybridized carbons (Fsp3) is 0.600. The van der Waals surface area contributed by atoms with Crippen molar-refractivity contribution in [3.8, 4) is 0 Å². The highest BCUT2D eigenvalue weighted by Crippen LogP contribution is 2.25. The third-order valence-corrected chi connectivity index (χ3v) is 5.62. The SMILES string of the molecule is C[C@H]1CCCC[C@H]1NC(=O)C1CCN(C(=O)Nc2ccccc2)CC1. The molecule has 0 radical (unpaired) electrons. The molecule has 136 valence electrons. The van der Waals surface area contributed by atoms with Crippen LogP contribution in [0.3, 0.4) is 0 Å². The molecule has 3 rings (SSSR count). The van der Waals surface area contributed by atoms with Gasteiger partial charge in [0.15, 0.2) is 0 Å². The van der Waals surface area contributed by atoms with Gasteiger partial charge in [-0.3, -0.25) is 4.79 Å². The Morgan fingerprint density at radius 3 is 2.36 bits per heavy atom. The van der Waals surface area contributed by atoms with Crippen LogP contribution in [0.15, 0.2) is 30.3 Å². The molecule has 3 amide bonds. The lowest BCUT2D eigenvalue weighted by atomic mass is 9.85. The summed E-state index contributed by atoms with van der Waals surface area (Å²) in [6, 6.07) is 9.74. The predicted octanol–water partition coefficient (Wildman–Crippen LogP) is 3.63. The molecule has 1 aliphatic heterocycles. The van der Waals surface area contributed by atoms with Crippen LogP contribution in [-0.2, 0) is 4.79 Å². The Morgan fingerprint density at radius 2 is 1.68 bits per heavy atom. The molecule has 1 heterocycles. The Morgan fingerprint density at radius 1 is 1.00 bits per heavy atom. The molecule has 5 heteroatoms. The van der Waals surface area contributed by atoms with Gasteiger partial charge >= 0.3 is 6.03 Å². The van der Waals surface area contributed by atoms with Gasteiger partial charge in [0.05, 0.1) is 0 Å². The van der Waals surface area contributed by atoms with E-state index in [9.17, 15) is 9.59 Å². The van der Waals surface area contributed by atoms with Crippen LogP contribution in [0.4, 0.5) is 10.5 Å². The zero-order chi connectivity index (χ0) is 17.6. The van der Waals surface area contributed by atoms with Crippen LogP contribution < -0.4 is 10.6 Å². The van der Waals surface area contributed by atoms with Crippen LogP contribution in [0.1, 0.15) is 45.4 Å². The molecular weight excluding hydrogens is 314 g/mol. The highest BCUT2D eigenvalue weighted by atomic mass is 16.2. The van der Waals surface area contributed by atoms with E-state index in [1.807, 2.05) is 30.3 Å². The maximum absolute atomic E-state index is 12.5. The van der Waals surface area contributed by atoms with Crippen molar-refractivity contribution < 1.29 is 9.59 Å². The van der Waals surface area contributed by atoms with Crippen molar-refractivity contribution >= 4 is 17.6 Å². The summed E-state index contributed by atoms with van der Waals surface area (Å²) >= 11 is 0. The monoisotopic (exact) mass is 343 g/mol. The molecular formula is C20H29N3O2. The van der Waals surface area contributed by atoms with Crippen molar-refractivity contribution in [3.63, 3.8) is 0 Å². The number of likely N-dealkylation sites (tertiary alicyclic amines) is 1. The molecule has 0 unspecified atom stereocenters. The number of piperidine rings is 1. The number of rotatable bonds is 3. The van der Waals surface area contributed by atoms with Crippen LogP contribution in [0, 0.1) is 11.8 Å². The fourth-order valence-corrected chi connectivity index (χ4v) is 3.90. The summed E-state index contributed by atoms with van der Waals surface area (Å²) in [5, 5.41) is 6.18. The smallest absolute Gasteiger partial charge is 0.321 e. The third kappa shape index (κ3) is 4.74. The number of hydrogen-bond donors (Lipinski definition) is 2. The van der Waals surface area contributed by atoms with Crippen LogP contribution in [0.2, 0.25) is 0 Å². The molecule has 1 aromatic carbocycles. The molecule has 1 aromatic rings. The molecule has 25 heavy (non-hydrogen) atoms. The summed E-state index contributed by atoms with van der Waals surface area (Å²) < 4.78 is 0. The molecule has 1 aliphatic carbocycles. The Kier molecular flexibility index (Phi) is 5.95. The number of amides is 3. The van der Waals surface area contributed by atoms with Crippen LogP contribution in [0.5, 0.6) is 0 Å². The van der Waals surface area contributed by atoms with Crippen molar-refractivity contribution in [2.75, 3.05) is 18.4 Å². The zero-order valence-electron chi connectivity index (χ0n) is 15.0. The molecule has 5 nitrogen and oxygen atoms in total. The van der Waals surface area contributed by atoms with E-state index in [1.165, 1.54) is 19.3 Å². The normalized spacial score (nSPS) is 24.6. The molecule has 2 fully saturated rings. The van der Waals surface area contributed by atoms with Crippen LogP contribution in [-0.4, -0.2) is 36.0 Å². The second-order valence-electron chi connectivity index (χ2n) is 7.43. The molecule has 2 atom stereocenters. The summed E-state index contributed by atoms with van der Waals surface area (Å²) in [4.78, 5) is 26.7. The first-order valence-electron chi connectivity index (χ1n) is 9.55. The number of anilines is 1. The number of hydrogen-bond acceptors (Lipinski definition) is 2. The van der Waals surface area contributed by atoms with Gasteiger partial charge in [-0.15, -0.1) is 0 Å². The lowest BCUT2D eigenvalue weighted by molar-refractivity contribution is -0.127. The Balaban J connectivity index is 1.44. The number of nitrogens with one attached hydrogen (secondary N) is 2. The number of para-hydroxylation sites is 1. The van der Waals surface area contributed by atoms with Gasteiger partial charge in [0, 0.05) is 30.7 Å². The predicted molar refractivity (Wildman–Crippen MR) is 99.3 cm³/mol. The first-order valence-corrected chi connectivity index (χ1v) is 9.55. The molecule has 0 bridgehead atoms. The van der Waals surface area contributed by atoms with Crippen LogP contribution >= 0.6 is 0 Å². The minimum absolute atomic E-state index is 0.0369. The maximum Gasteiger partial charge on any atom is 0.321 e. The van der Waals surface area contributed by atoms with Gasteiger partial charge in [0.2, 0.25) is 5.91 Å². The van der Waals surface area contributed by atoms with Gasteiger partial charge in [-0.2, -0.15) is 0 Å². The minimum Gasteiger partial charge on any atom is -0.353 e. The van der Waals surface area contributed by atoms with Gasteiger partial charge in [0.1, 0.15) is 0 Å². The average Bonchev–Trinajstić information content (AvgIpc) is 2.64. The second-order valence-corrected chi connectivity index (χ2v) is 7.43. The van der Waals surface area contributed by atoms with Crippen molar-refractivity contribution in [1.29, 1.82) is 0 Å². The number of nitrogens with zero attached hydrogens (tertiary/aromatic N) is 1. The summed E-state index contributed by atoms with van der Waals surface area (Å²) in [5.41, 5.74) is 0.804. The van der Waals surface area contributed by atoms with E-state index in [0.717, 1.165) is 24.9 Å². The molecule has 0 aromatic heterocycles. The number of carbonyl (C=O) groups excluding carboxylic acids is 2. The Hall–Kier alpha value is -2.04. The van der Waals surface area contributed by atoms with Crippen molar-refractivity contribution in [2.24, 2.45) is 11.8 Å². The summed E-state index contributed by atoms with van der Waals surface area (Å²) in [5.74, 6) is 0.797. The largest absolute Gasteiger partial charge is 0.353 e. The number of urea groups is 1. The first-order chi connectivity index (χ1) is 12.1. The summed E-state index contributed by atoms with van der Waals surface area (Å²) in [6.45, 7) is 3.51. The lowest BCUT2D eigenvalue weighted by Gasteiger charge is -2.34. The van der Waals surface area contributed by atoms with E-state index in [-0.39, 0.29) is 17.9 Å². The highest BCUT2D eigenvalue weighted by Gasteiger charge is 2.30. The van der Waals surface area contributed by atoms with Gasteiger partial charge in [-0.05, 0) is 43.7 Å². The Bertz CT molecular complexity index is 582. The van der Waals surface area contributed by atoms with E-state index >= 15 is 0 Å². The zero-order valence-corrected chi connectivity index (χ0v) is 15.0. The molecule has 1 saturated carbocycles. The lowest BCUT2D eigenvalue weighted by Crippen LogP contribution is -2.48. The number of benzene rings is 1. The van der Waals surface area contributed by atoms with E-state index in [4.69, 9.17) is 0 Å². The highest BCUT2D eigenvalue weighted by molar-refractivity contribution is 5.89. The molecule has 2 N–H and O–H groups in total. The molecule has 2 aliphatic rings. The minimum atomic E-state index is -0.0778. The van der Waals surface area contributed by atoms with Crippen molar-refractivity contribution in [3.05, 3.63) is 30.3 Å². The van der Waals surface area contributed by atoms with Gasteiger partial charge in [-0.1, -0.05) is 38.0 Å². The number of carbonyl (C=O) groups is 2. The summed E-state index contributed by atoms with van der Waals surface area (Å²) in [7, 11) is 0. The van der Waals surface area contributed by atoms with Crippen LogP contribution in [0.25, 0.3) is 0 Å². The topological polar surface area (TPSA) is 61.4 Å². The quantitative estimate of drug-likeness (QED) is 0.880. The van der Waals surface area contributed by atoms with E-state index in [1.54, 1.807) is 4.90 Å². The van der Waals surface area contributed by atoms with Gasteiger partial charge in [-0.25, -0.2) is 4.79 Å². The average molecular weight is 343 g/mol. The van der Waals surface area contributed by atoms with E-state index in [2.05, 4.69) is 17.6 Å². The van der Waals surface area contributed by atoms with Crippen molar-refractivity contribution in [2.45, 2.75) is 51.5 Å². The second kappa shape index (κ2) is 8.37. The maximum atomic E-state index is 12.5. The van der Waals surface area contributed by atoms with E-state index in [0.29, 0.717) is 25.0 Å². The fourth-order valence-electron chi connectivity index (χ4n) is 3.90. The molecule has 1 saturated heterocycles. The standard InChI is InChI=1S/C20H29N3O2/c1-15-7-5-6-10-18(15)22-19(24)16-11-13-23(14-12-16)20(25)21-17-8-3-2-4-9-17/h2-4,8-9,15-16,18H,5-7,10-14H2,1H3,(H,21,25)(H,22,24)/t15-,18+/m0/s1. The van der Waals surface area contributed by atoms with Crippen molar-refractivity contribution in [1.82, 2.24) is 10.2 Å².